The van der Waals surface area contributed by atoms with Crippen molar-refractivity contribution >= 4 is 11.9 Å². The lowest BCUT2D eigenvalue weighted by Crippen LogP contribution is -2.63. The first-order chi connectivity index (χ1) is 12.2. The second-order valence-corrected chi connectivity index (χ2v) is 9.59. The van der Waals surface area contributed by atoms with Gasteiger partial charge in [0.2, 0.25) is 0 Å². The van der Waals surface area contributed by atoms with Gasteiger partial charge in [0.25, 0.3) is 0 Å². The van der Waals surface area contributed by atoms with Gasteiger partial charge in [-0.15, -0.1) is 0 Å². The number of esters is 1. The lowest BCUT2D eigenvalue weighted by Gasteiger charge is -2.64. The highest BCUT2D eigenvalue weighted by Crippen LogP contribution is 2.70. The summed E-state index contributed by atoms with van der Waals surface area (Å²) in [5.41, 5.74) is -0.499. The molecule has 144 valence electrons. The maximum Gasteiger partial charge on any atom is 0.331 e. The molecule has 0 radical (unpaired) electrons. The number of hydrogen-bond donors (Lipinski definition) is 2. The minimum atomic E-state index is -0.789. The standard InChI is InChI=1S/C21H30O5/c1-19(18(25)26-3)8-7-16(22)20(2)14(19)6-9-21-10-12(4-5-15(20)21)13(11-21)17(23)24/h11-12,14-16,22H,4-10H2,1-3H3,(H,23,24)/t12-,14-,15+,16+,19-,20-,21+/m1/s1. The predicted molar refractivity (Wildman–Crippen MR) is 95.2 cm³/mol. The van der Waals surface area contributed by atoms with E-state index in [2.05, 4.69) is 6.92 Å². The fraction of sp³-hybridized carbons (Fsp3) is 0.810. The molecule has 2 bridgehead atoms. The number of carbonyl (C=O) groups excluding carboxylic acids is 1. The third-order valence-electron chi connectivity index (χ3n) is 8.73. The third kappa shape index (κ3) is 2.07. The first-order valence-electron chi connectivity index (χ1n) is 9.91. The third-order valence-corrected chi connectivity index (χ3v) is 8.73. The largest absolute Gasteiger partial charge is 0.478 e. The van der Waals surface area contributed by atoms with Crippen LogP contribution in [0.1, 0.15) is 58.8 Å². The van der Waals surface area contributed by atoms with Gasteiger partial charge in [-0.1, -0.05) is 13.0 Å². The molecule has 0 amide bonds. The molecule has 1 spiro atoms. The smallest absolute Gasteiger partial charge is 0.331 e. The number of carboxylic acid groups (broad SMARTS) is 1. The highest BCUT2D eigenvalue weighted by molar-refractivity contribution is 5.88. The molecule has 7 atom stereocenters. The average molecular weight is 362 g/mol. The molecular weight excluding hydrogens is 332 g/mol. The summed E-state index contributed by atoms with van der Waals surface area (Å²) in [5, 5.41) is 20.7. The molecule has 4 rings (SSSR count). The second-order valence-electron chi connectivity index (χ2n) is 9.59. The number of ether oxygens (including phenoxy) is 1. The predicted octanol–water partition coefficient (Wildman–Crippen LogP) is 3.16. The van der Waals surface area contributed by atoms with E-state index in [1.165, 1.54) is 7.11 Å². The van der Waals surface area contributed by atoms with Crippen LogP contribution in [0.3, 0.4) is 0 Å². The second kappa shape index (κ2) is 5.57. The van der Waals surface area contributed by atoms with E-state index in [4.69, 9.17) is 4.74 Å². The number of methoxy groups -OCH3 is 1. The van der Waals surface area contributed by atoms with Gasteiger partial charge >= 0.3 is 11.9 Å². The number of fused-ring (bicyclic) bond motifs is 3. The van der Waals surface area contributed by atoms with Crippen LogP contribution in [-0.2, 0) is 14.3 Å². The number of aliphatic carboxylic acids is 1. The van der Waals surface area contributed by atoms with Crippen molar-refractivity contribution in [2.24, 2.45) is 34.0 Å². The highest BCUT2D eigenvalue weighted by atomic mass is 16.5. The lowest BCUT2D eigenvalue weighted by molar-refractivity contribution is -0.208. The van der Waals surface area contributed by atoms with Crippen LogP contribution >= 0.6 is 0 Å². The van der Waals surface area contributed by atoms with E-state index in [-0.39, 0.29) is 34.6 Å². The van der Waals surface area contributed by atoms with Crippen LogP contribution in [0.4, 0.5) is 0 Å². The van der Waals surface area contributed by atoms with Gasteiger partial charge in [0.15, 0.2) is 0 Å². The Kier molecular flexibility index (Phi) is 3.86. The van der Waals surface area contributed by atoms with Crippen molar-refractivity contribution in [2.75, 3.05) is 7.11 Å². The molecular formula is C21H30O5. The van der Waals surface area contributed by atoms with Crippen LogP contribution in [0.5, 0.6) is 0 Å². The molecule has 2 N–H and O–H groups in total. The number of hydrogen-bond acceptors (Lipinski definition) is 4. The Morgan fingerprint density at radius 2 is 1.85 bits per heavy atom. The minimum absolute atomic E-state index is 0.0700. The Hall–Kier alpha value is -1.36. The Labute approximate surface area is 154 Å². The van der Waals surface area contributed by atoms with Crippen LogP contribution in [0.2, 0.25) is 0 Å². The molecule has 0 unspecified atom stereocenters. The summed E-state index contributed by atoms with van der Waals surface area (Å²) in [6.07, 6.45) is 7.28. The van der Waals surface area contributed by atoms with Crippen LogP contribution in [0, 0.1) is 34.0 Å². The molecule has 26 heavy (non-hydrogen) atoms. The van der Waals surface area contributed by atoms with E-state index < -0.39 is 17.5 Å². The molecule has 4 aliphatic carbocycles. The molecule has 4 aliphatic rings. The number of aliphatic hydroxyl groups excluding tert-OH is 1. The number of carbonyl (C=O) groups is 2. The van der Waals surface area contributed by atoms with E-state index in [0.717, 1.165) is 32.1 Å². The van der Waals surface area contributed by atoms with Crippen molar-refractivity contribution in [3.8, 4) is 0 Å². The molecule has 5 heteroatoms. The quantitative estimate of drug-likeness (QED) is 0.737. The summed E-state index contributed by atoms with van der Waals surface area (Å²) in [5.74, 6) is -0.514. The zero-order chi connectivity index (χ0) is 18.9. The SMILES string of the molecule is COC(=O)[C@]1(C)CC[C@H](O)[C@@]2(C)[C@@H]3CC[C@@H]4C[C@]3(C=C4C(=O)O)CC[C@@H]21. The number of aliphatic hydroxyl groups is 1. The van der Waals surface area contributed by atoms with Gasteiger partial charge in [-0.2, -0.15) is 0 Å². The van der Waals surface area contributed by atoms with E-state index in [0.29, 0.717) is 18.4 Å². The summed E-state index contributed by atoms with van der Waals surface area (Å²) >= 11 is 0. The van der Waals surface area contributed by atoms with Crippen molar-refractivity contribution in [3.63, 3.8) is 0 Å². The summed E-state index contributed by atoms with van der Waals surface area (Å²) in [6.45, 7) is 4.16. The first-order valence-corrected chi connectivity index (χ1v) is 9.91. The van der Waals surface area contributed by atoms with E-state index in [9.17, 15) is 19.8 Å². The molecule has 0 aromatic carbocycles. The minimum Gasteiger partial charge on any atom is -0.478 e. The lowest BCUT2D eigenvalue weighted by atomic mass is 9.40. The molecule has 0 aromatic heterocycles. The van der Waals surface area contributed by atoms with Gasteiger partial charge in [0.1, 0.15) is 0 Å². The van der Waals surface area contributed by atoms with E-state index in [1.807, 2.05) is 13.0 Å². The zero-order valence-corrected chi connectivity index (χ0v) is 16.0. The molecule has 5 nitrogen and oxygen atoms in total. The Bertz CT molecular complexity index is 684. The normalized spacial score (nSPS) is 49.6. The Morgan fingerprint density at radius 3 is 2.50 bits per heavy atom. The zero-order valence-electron chi connectivity index (χ0n) is 16.0. The average Bonchev–Trinajstić information content (AvgIpc) is 2.89. The van der Waals surface area contributed by atoms with Gasteiger partial charge in [0, 0.05) is 11.0 Å². The number of carboxylic acids is 1. The Morgan fingerprint density at radius 1 is 1.12 bits per heavy atom. The first kappa shape index (κ1) is 18.0. The summed E-state index contributed by atoms with van der Waals surface area (Å²) in [6, 6.07) is 0. The molecule has 0 saturated heterocycles. The monoisotopic (exact) mass is 362 g/mol. The van der Waals surface area contributed by atoms with E-state index >= 15 is 0 Å². The maximum atomic E-state index is 12.7. The Balaban J connectivity index is 1.79. The van der Waals surface area contributed by atoms with Gasteiger partial charge in [-0.25, -0.2) is 4.79 Å². The van der Waals surface area contributed by atoms with Crippen molar-refractivity contribution in [1.29, 1.82) is 0 Å². The number of allylic oxidation sites excluding steroid dienone is 1. The summed E-state index contributed by atoms with van der Waals surface area (Å²) in [7, 11) is 1.45. The van der Waals surface area contributed by atoms with Crippen LogP contribution < -0.4 is 0 Å². The molecule has 3 fully saturated rings. The van der Waals surface area contributed by atoms with Gasteiger partial charge < -0.3 is 14.9 Å². The fourth-order valence-electron chi connectivity index (χ4n) is 7.56. The maximum absolute atomic E-state index is 12.7. The van der Waals surface area contributed by atoms with E-state index in [1.54, 1.807) is 0 Å². The van der Waals surface area contributed by atoms with Crippen molar-refractivity contribution in [2.45, 2.75) is 64.9 Å². The van der Waals surface area contributed by atoms with Crippen molar-refractivity contribution < 1.29 is 24.5 Å². The van der Waals surface area contributed by atoms with Crippen molar-refractivity contribution in [3.05, 3.63) is 11.6 Å². The molecule has 0 aliphatic heterocycles. The van der Waals surface area contributed by atoms with Gasteiger partial charge in [0.05, 0.1) is 18.6 Å². The topological polar surface area (TPSA) is 83.8 Å². The molecule has 0 aromatic rings. The summed E-state index contributed by atoms with van der Waals surface area (Å²) in [4.78, 5) is 24.4. The molecule has 3 saturated carbocycles. The van der Waals surface area contributed by atoms with Crippen LogP contribution in [-0.4, -0.2) is 35.4 Å². The number of rotatable bonds is 2. The highest BCUT2D eigenvalue weighted by Gasteiger charge is 2.67. The van der Waals surface area contributed by atoms with Gasteiger partial charge in [-0.3, -0.25) is 4.79 Å². The fourth-order valence-corrected chi connectivity index (χ4v) is 7.56. The molecule has 0 heterocycles. The van der Waals surface area contributed by atoms with Gasteiger partial charge in [-0.05, 0) is 75.0 Å². The van der Waals surface area contributed by atoms with Crippen molar-refractivity contribution in [1.82, 2.24) is 0 Å². The van der Waals surface area contributed by atoms with Crippen LogP contribution in [0.25, 0.3) is 0 Å². The summed E-state index contributed by atoms with van der Waals surface area (Å²) < 4.78 is 5.16. The van der Waals surface area contributed by atoms with Crippen LogP contribution in [0.15, 0.2) is 11.6 Å².